The van der Waals surface area contributed by atoms with Crippen molar-refractivity contribution in [1.29, 1.82) is 0 Å². The second-order valence-corrected chi connectivity index (χ2v) is 7.78. The number of hydrogen-bond donors (Lipinski definition) is 0. The largest absolute Gasteiger partial charge is 0.331 e. The normalized spacial score (nSPS) is 25.8. The van der Waals surface area contributed by atoms with Crippen LogP contribution >= 0.6 is 0 Å². The van der Waals surface area contributed by atoms with Crippen LogP contribution in [0.15, 0.2) is 12.3 Å². The van der Waals surface area contributed by atoms with E-state index in [4.69, 9.17) is 0 Å². The molecule has 0 N–H and O–H groups in total. The van der Waals surface area contributed by atoms with E-state index in [1.54, 1.807) is 4.90 Å². The molecular formula is C19H23N5O2. The Morgan fingerprint density at radius 2 is 2.19 bits per heavy atom. The minimum absolute atomic E-state index is 0.0535. The van der Waals surface area contributed by atoms with Crippen LogP contribution in [0.5, 0.6) is 0 Å². The molecule has 3 atom stereocenters. The van der Waals surface area contributed by atoms with Crippen molar-refractivity contribution in [3.63, 3.8) is 0 Å². The molecule has 5 rings (SSSR count). The Bertz CT molecular complexity index is 920. The van der Waals surface area contributed by atoms with Gasteiger partial charge < -0.3 is 9.80 Å². The van der Waals surface area contributed by atoms with Gasteiger partial charge in [0.05, 0.1) is 17.4 Å². The van der Waals surface area contributed by atoms with Crippen molar-refractivity contribution in [2.45, 2.75) is 64.1 Å². The lowest BCUT2D eigenvalue weighted by atomic mass is 9.98. The lowest BCUT2D eigenvalue weighted by molar-refractivity contribution is -0.145. The first kappa shape index (κ1) is 15.8. The maximum atomic E-state index is 13.3. The molecule has 2 saturated heterocycles. The molecule has 0 aromatic carbocycles. The number of aryl methyl sites for hydroxylation is 1. The van der Waals surface area contributed by atoms with Gasteiger partial charge in [0.25, 0.3) is 0 Å². The Morgan fingerprint density at radius 3 is 2.96 bits per heavy atom. The van der Waals surface area contributed by atoms with Crippen LogP contribution in [-0.4, -0.2) is 54.8 Å². The highest BCUT2D eigenvalue weighted by Gasteiger charge is 2.46. The molecule has 0 spiro atoms. The van der Waals surface area contributed by atoms with Crippen LogP contribution in [0, 0.1) is 6.92 Å². The average Bonchev–Trinajstić information content (AvgIpc) is 3.30. The average molecular weight is 353 g/mol. The summed E-state index contributed by atoms with van der Waals surface area (Å²) in [5, 5.41) is 4.60. The number of carbonyl (C=O) groups excluding carboxylic acids is 2. The molecule has 7 nitrogen and oxygen atoms in total. The second-order valence-electron chi connectivity index (χ2n) is 7.78. The van der Waals surface area contributed by atoms with E-state index in [2.05, 4.69) is 10.1 Å². The quantitative estimate of drug-likeness (QED) is 0.823. The van der Waals surface area contributed by atoms with E-state index < -0.39 is 0 Å². The molecular weight excluding hydrogens is 330 g/mol. The first-order valence-electron chi connectivity index (χ1n) is 9.50. The van der Waals surface area contributed by atoms with Gasteiger partial charge in [-0.3, -0.25) is 9.59 Å². The highest BCUT2D eigenvalue weighted by atomic mass is 16.2. The number of likely N-dealkylation sites (tertiary alicyclic amines) is 1. The van der Waals surface area contributed by atoms with Gasteiger partial charge in [-0.05, 0) is 33.1 Å². The van der Waals surface area contributed by atoms with E-state index in [0.717, 1.165) is 42.6 Å². The fraction of sp³-hybridized carbons (Fsp3) is 0.579. The summed E-state index contributed by atoms with van der Waals surface area (Å²) in [4.78, 5) is 33.7. The van der Waals surface area contributed by atoms with E-state index in [-0.39, 0.29) is 29.9 Å². The zero-order valence-corrected chi connectivity index (χ0v) is 15.2. The fourth-order valence-corrected chi connectivity index (χ4v) is 4.96. The Hall–Kier alpha value is -2.44. The fourth-order valence-electron chi connectivity index (χ4n) is 4.96. The first-order chi connectivity index (χ1) is 12.5. The highest BCUT2D eigenvalue weighted by Crippen LogP contribution is 2.44. The maximum Gasteiger partial charge on any atom is 0.245 e. The summed E-state index contributed by atoms with van der Waals surface area (Å²) >= 11 is 0. The van der Waals surface area contributed by atoms with Gasteiger partial charge in [-0.2, -0.15) is 5.10 Å². The van der Waals surface area contributed by atoms with Gasteiger partial charge in [0.15, 0.2) is 5.65 Å². The summed E-state index contributed by atoms with van der Waals surface area (Å²) in [7, 11) is 0. The number of aromatic nitrogens is 3. The molecule has 3 aliphatic heterocycles. The SMILES string of the molecule is Cc1cc2ncc3c(n2n1)CC1CCC3N1C(=O)C(C)N1CCCC1=O. The number of amides is 2. The second kappa shape index (κ2) is 5.53. The van der Waals surface area contributed by atoms with Crippen LogP contribution in [0.4, 0.5) is 0 Å². The van der Waals surface area contributed by atoms with Crippen molar-refractivity contribution in [1.82, 2.24) is 24.4 Å². The van der Waals surface area contributed by atoms with Gasteiger partial charge >= 0.3 is 0 Å². The molecule has 7 heteroatoms. The molecule has 2 bridgehead atoms. The summed E-state index contributed by atoms with van der Waals surface area (Å²) in [5.41, 5.74) is 4.13. The summed E-state index contributed by atoms with van der Waals surface area (Å²) in [6.45, 7) is 4.54. The molecule has 0 aliphatic carbocycles. The lowest BCUT2D eigenvalue weighted by Gasteiger charge is -2.39. The number of nitrogens with zero attached hydrogens (tertiary/aromatic N) is 5. The minimum Gasteiger partial charge on any atom is -0.331 e. The minimum atomic E-state index is -0.377. The third kappa shape index (κ3) is 2.12. The summed E-state index contributed by atoms with van der Waals surface area (Å²) in [6, 6.07) is 1.85. The molecule has 3 unspecified atom stereocenters. The smallest absolute Gasteiger partial charge is 0.245 e. The lowest BCUT2D eigenvalue weighted by Crippen LogP contribution is -2.51. The molecule has 3 aliphatic rings. The van der Waals surface area contributed by atoms with Crippen LogP contribution in [0.2, 0.25) is 0 Å². The van der Waals surface area contributed by atoms with Gasteiger partial charge in [0, 0.05) is 43.3 Å². The van der Waals surface area contributed by atoms with E-state index in [1.807, 2.05) is 35.5 Å². The van der Waals surface area contributed by atoms with Gasteiger partial charge in [0.1, 0.15) is 6.04 Å². The van der Waals surface area contributed by atoms with E-state index in [9.17, 15) is 9.59 Å². The molecule has 26 heavy (non-hydrogen) atoms. The summed E-state index contributed by atoms with van der Waals surface area (Å²) in [6.07, 6.45) is 6.09. The topological polar surface area (TPSA) is 70.8 Å². The van der Waals surface area contributed by atoms with Crippen LogP contribution in [0.3, 0.4) is 0 Å². The van der Waals surface area contributed by atoms with Gasteiger partial charge in [-0.25, -0.2) is 9.50 Å². The van der Waals surface area contributed by atoms with Crippen LogP contribution < -0.4 is 0 Å². The van der Waals surface area contributed by atoms with Crippen molar-refractivity contribution in [3.8, 4) is 0 Å². The molecule has 5 heterocycles. The summed E-state index contributed by atoms with van der Waals surface area (Å²) < 4.78 is 1.95. The molecule has 2 amide bonds. The molecule has 2 fully saturated rings. The van der Waals surface area contributed by atoms with Crippen molar-refractivity contribution in [2.24, 2.45) is 0 Å². The first-order valence-corrected chi connectivity index (χ1v) is 9.50. The molecule has 0 saturated carbocycles. The predicted octanol–water partition coefficient (Wildman–Crippen LogP) is 1.64. The molecule has 2 aromatic heterocycles. The third-order valence-electron chi connectivity index (χ3n) is 6.22. The third-order valence-corrected chi connectivity index (χ3v) is 6.22. The number of carbonyl (C=O) groups is 2. The highest BCUT2D eigenvalue weighted by molar-refractivity contribution is 5.89. The number of hydrogen-bond acceptors (Lipinski definition) is 4. The Kier molecular flexibility index (Phi) is 3.36. The van der Waals surface area contributed by atoms with Crippen molar-refractivity contribution in [3.05, 3.63) is 29.2 Å². The zero-order valence-electron chi connectivity index (χ0n) is 15.2. The van der Waals surface area contributed by atoms with Crippen LogP contribution in [0.1, 0.15) is 55.6 Å². The Labute approximate surface area is 152 Å². The number of rotatable bonds is 2. The standard InChI is InChI=1S/C19H23N5O2/c1-11-8-17-20-10-14-15-6-5-13(9-16(14)24(17)21-11)23(15)19(26)12(2)22-7-3-4-18(22)25/h8,10,12-13,15H,3-7,9H2,1-2H3. The Morgan fingerprint density at radius 1 is 1.35 bits per heavy atom. The van der Waals surface area contributed by atoms with Crippen molar-refractivity contribution < 1.29 is 9.59 Å². The predicted molar refractivity (Wildman–Crippen MR) is 94.4 cm³/mol. The van der Waals surface area contributed by atoms with Gasteiger partial charge in [-0.15, -0.1) is 0 Å². The number of fused-ring (bicyclic) bond motifs is 6. The van der Waals surface area contributed by atoms with Gasteiger partial charge in [-0.1, -0.05) is 0 Å². The molecule has 0 radical (unpaired) electrons. The van der Waals surface area contributed by atoms with Crippen LogP contribution in [0.25, 0.3) is 5.65 Å². The molecule has 136 valence electrons. The van der Waals surface area contributed by atoms with E-state index in [1.165, 1.54) is 5.69 Å². The van der Waals surface area contributed by atoms with Crippen molar-refractivity contribution >= 4 is 17.5 Å². The van der Waals surface area contributed by atoms with Crippen molar-refractivity contribution in [2.75, 3.05) is 6.54 Å². The maximum absolute atomic E-state index is 13.3. The van der Waals surface area contributed by atoms with E-state index >= 15 is 0 Å². The summed E-state index contributed by atoms with van der Waals surface area (Å²) in [5.74, 6) is 0.182. The van der Waals surface area contributed by atoms with Crippen LogP contribution in [-0.2, 0) is 16.0 Å². The molecule has 2 aromatic rings. The monoisotopic (exact) mass is 353 g/mol. The van der Waals surface area contributed by atoms with Gasteiger partial charge in [0.2, 0.25) is 11.8 Å². The Balaban J connectivity index is 1.50. The zero-order chi connectivity index (χ0) is 18.0. The van der Waals surface area contributed by atoms with E-state index in [0.29, 0.717) is 13.0 Å².